The molecule has 0 spiro atoms. The molecular weight excluding hydrogens is 262 g/mol. The van der Waals surface area contributed by atoms with Crippen LogP contribution in [0.25, 0.3) is 0 Å². The van der Waals surface area contributed by atoms with Crippen molar-refractivity contribution in [1.29, 1.82) is 0 Å². The molecule has 110 valence electrons. The van der Waals surface area contributed by atoms with Crippen LogP contribution in [0.1, 0.15) is 46.7 Å². The Morgan fingerprint density at radius 3 is 2.05 bits per heavy atom. The Balaban J connectivity index is 2.40. The number of carbonyl (C=O) groups is 1. The van der Waals surface area contributed by atoms with Crippen LogP contribution in [0.3, 0.4) is 0 Å². The summed E-state index contributed by atoms with van der Waals surface area (Å²) < 4.78 is 0. The molecule has 2 rings (SSSR count). The van der Waals surface area contributed by atoms with E-state index < -0.39 is 0 Å². The first kappa shape index (κ1) is 15.2. The quantitative estimate of drug-likeness (QED) is 0.934. The maximum Gasteiger partial charge on any atom is 0.259 e. The average molecular weight is 283 g/mol. The highest BCUT2D eigenvalue weighted by atomic mass is 16.1. The number of nitrogens with zero attached hydrogens (tertiary/aromatic N) is 2. The second kappa shape index (κ2) is 6.48. The molecule has 0 aliphatic carbocycles. The number of benzene rings is 1. The van der Waals surface area contributed by atoms with Crippen LogP contribution in [0.2, 0.25) is 0 Å². The number of rotatable bonds is 4. The molecule has 4 nitrogen and oxygen atoms in total. The van der Waals surface area contributed by atoms with Crippen molar-refractivity contribution in [2.75, 3.05) is 5.32 Å². The zero-order valence-electron chi connectivity index (χ0n) is 13.0. The molecule has 1 amide bonds. The van der Waals surface area contributed by atoms with Gasteiger partial charge in [-0.1, -0.05) is 32.0 Å². The van der Waals surface area contributed by atoms with Gasteiger partial charge >= 0.3 is 0 Å². The van der Waals surface area contributed by atoms with E-state index in [-0.39, 0.29) is 5.91 Å². The average Bonchev–Trinajstić information content (AvgIpc) is 2.47. The van der Waals surface area contributed by atoms with E-state index in [2.05, 4.69) is 41.3 Å². The van der Waals surface area contributed by atoms with Gasteiger partial charge in [0.05, 0.1) is 17.0 Å². The Morgan fingerprint density at radius 1 is 1.05 bits per heavy atom. The van der Waals surface area contributed by atoms with Gasteiger partial charge < -0.3 is 5.32 Å². The first-order valence-corrected chi connectivity index (χ1v) is 7.28. The fourth-order valence-electron chi connectivity index (χ4n) is 2.50. The van der Waals surface area contributed by atoms with Gasteiger partial charge in [0.2, 0.25) is 0 Å². The van der Waals surface area contributed by atoms with Gasteiger partial charge in [-0.2, -0.15) is 0 Å². The number of hydrogen-bond acceptors (Lipinski definition) is 3. The minimum atomic E-state index is -0.138. The molecule has 1 aromatic carbocycles. The predicted octanol–water partition coefficient (Wildman–Crippen LogP) is 3.47. The lowest BCUT2D eigenvalue weighted by Crippen LogP contribution is -2.18. The highest BCUT2D eigenvalue weighted by Crippen LogP contribution is 2.24. The van der Waals surface area contributed by atoms with Gasteiger partial charge in [-0.05, 0) is 37.8 Å². The van der Waals surface area contributed by atoms with Crippen molar-refractivity contribution in [3.63, 3.8) is 0 Å². The number of para-hydroxylation sites is 1. The number of aromatic nitrogens is 2. The molecule has 0 unspecified atom stereocenters. The Morgan fingerprint density at radius 2 is 1.57 bits per heavy atom. The van der Waals surface area contributed by atoms with Crippen LogP contribution >= 0.6 is 0 Å². The summed E-state index contributed by atoms with van der Waals surface area (Å²) in [5.41, 5.74) is 5.18. The van der Waals surface area contributed by atoms with Gasteiger partial charge in [-0.3, -0.25) is 4.79 Å². The van der Waals surface area contributed by atoms with Gasteiger partial charge in [-0.15, -0.1) is 0 Å². The maximum absolute atomic E-state index is 12.6. The van der Waals surface area contributed by atoms with Gasteiger partial charge in [0.1, 0.15) is 6.33 Å². The normalized spacial score (nSPS) is 10.5. The van der Waals surface area contributed by atoms with Crippen LogP contribution in [0.5, 0.6) is 0 Å². The number of anilines is 1. The number of amides is 1. The van der Waals surface area contributed by atoms with Gasteiger partial charge in [-0.25, -0.2) is 9.97 Å². The molecule has 0 saturated carbocycles. The fourth-order valence-corrected chi connectivity index (χ4v) is 2.50. The van der Waals surface area contributed by atoms with Crippen LogP contribution in [0.15, 0.2) is 24.5 Å². The van der Waals surface area contributed by atoms with E-state index in [0.29, 0.717) is 17.0 Å². The summed E-state index contributed by atoms with van der Waals surface area (Å²) in [7, 11) is 0. The van der Waals surface area contributed by atoms with Crippen LogP contribution in [0, 0.1) is 13.8 Å². The van der Waals surface area contributed by atoms with Gasteiger partial charge in [0, 0.05) is 5.69 Å². The Labute approximate surface area is 125 Å². The lowest BCUT2D eigenvalue weighted by atomic mass is 10.0. The summed E-state index contributed by atoms with van der Waals surface area (Å²) in [4.78, 5) is 20.8. The third-order valence-corrected chi connectivity index (χ3v) is 3.69. The van der Waals surface area contributed by atoms with Crippen molar-refractivity contribution < 1.29 is 4.79 Å². The lowest BCUT2D eigenvalue weighted by molar-refractivity contribution is 0.102. The summed E-state index contributed by atoms with van der Waals surface area (Å²) >= 11 is 0. The molecule has 0 bridgehead atoms. The topological polar surface area (TPSA) is 54.9 Å². The van der Waals surface area contributed by atoms with Gasteiger partial charge in [0.15, 0.2) is 0 Å². The van der Waals surface area contributed by atoms with E-state index in [4.69, 9.17) is 0 Å². The van der Waals surface area contributed by atoms with Crippen molar-refractivity contribution in [2.24, 2.45) is 0 Å². The minimum absolute atomic E-state index is 0.138. The minimum Gasteiger partial charge on any atom is -0.321 e. The zero-order valence-corrected chi connectivity index (χ0v) is 13.0. The second-order valence-corrected chi connectivity index (χ2v) is 5.03. The van der Waals surface area contributed by atoms with Crippen molar-refractivity contribution in [3.8, 4) is 0 Å². The highest BCUT2D eigenvalue weighted by molar-refractivity contribution is 6.06. The van der Waals surface area contributed by atoms with Gasteiger partial charge in [0.25, 0.3) is 5.91 Å². The van der Waals surface area contributed by atoms with E-state index in [0.717, 1.165) is 29.7 Å². The molecule has 0 atom stereocenters. The molecule has 4 heteroatoms. The largest absolute Gasteiger partial charge is 0.321 e. The third-order valence-electron chi connectivity index (χ3n) is 3.69. The first-order chi connectivity index (χ1) is 10.1. The van der Waals surface area contributed by atoms with Crippen molar-refractivity contribution in [3.05, 3.63) is 52.6 Å². The first-order valence-electron chi connectivity index (χ1n) is 7.28. The Bertz CT molecular complexity index is 623. The smallest absolute Gasteiger partial charge is 0.259 e. The predicted molar refractivity (Wildman–Crippen MR) is 84.7 cm³/mol. The third kappa shape index (κ3) is 3.10. The molecule has 1 aromatic heterocycles. The van der Waals surface area contributed by atoms with Crippen LogP contribution in [0.4, 0.5) is 5.69 Å². The summed E-state index contributed by atoms with van der Waals surface area (Å²) in [6, 6.07) is 6.14. The molecule has 1 heterocycles. The van der Waals surface area contributed by atoms with Crippen LogP contribution < -0.4 is 5.32 Å². The molecule has 0 fully saturated rings. The lowest BCUT2D eigenvalue weighted by Gasteiger charge is -2.15. The highest BCUT2D eigenvalue weighted by Gasteiger charge is 2.16. The van der Waals surface area contributed by atoms with Crippen molar-refractivity contribution in [2.45, 2.75) is 40.5 Å². The summed E-state index contributed by atoms with van der Waals surface area (Å²) in [6.07, 6.45) is 3.25. The standard InChI is InChI=1S/C17H21N3O/c1-5-13-8-7-9-14(6-2)16(13)20-17(21)15-11(3)18-10-19-12(15)4/h7-10H,5-6H2,1-4H3,(H,20,21). The molecule has 0 aliphatic rings. The van der Waals surface area contributed by atoms with Crippen LogP contribution in [-0.4, -0.2) is 15.9 Å². The van der Waals surface area contributed by atoms with Crippen molar-refractivity contribution >= 4 is 11.6 Å². The molecule has 1 N–H and O–H groups in total. The summed E-state index contributed by atoms with van der Waals surface area (Å²) in [5, 5.41) is 3.06. The van der Waals surface area contributed by atoms with E-state index in [1.54, 1.807) is 0 Å². The molecule has 0 aliphatic heterocycles. The zero-order chi connectivity index (χ0) is 15.4. The number of aryl methyl sites for hydroxylation is 4. The number of carbonyl (C=O) groups excluding carboxylic acids is 1. The SMILES string of the molecule is CCc1cccc(CC)c1NC(=O)c1c(C)ncnc1C. The molecule has 0 radical (unpaired) electrons. The number of hydrogen-bond donors (Lipinski definition) is 1. The van der Waals surface area contributed by atoms with E-state index in [1.807, 2.05) is 19.9 Å². The van der Waals surface area contributed by atoms with E-state index in [9.17, 15) is 4.79 Å². The molecular formula is C17H21N3O. The Kier molecular flexibility index (Phi) is 4.68. The van der Waals surface area contributed by atoms with E-state index >= 15 is 0 Å². The fraction of sp³-hybridized carbons (Fsp3) is 0.353. The monoisotopic (exact) mass is 283 g/mol. The molecule has 21 heavy (non-hydrogen) atoms. The van der Waals surface area contributed by atoms with Crippen molar-refractivity contribution in [1.82, 2.24) is 9.97 Å². The van der Waals surface area contributed by atoms with E-state index in [1.165, 1.54) is 6.33 Å². The number of nitrogens with one attached hydrogen (secondary N) is 1. The Hall–Kier alpha value is -2.23. The second-order valence-electron chi connectivity index (χ2n) is 5.03. The van der Waals surface area contributed by atoms with Crippen LogP contribution in [-0.2, 0) is 12.8 Å². The molecule has 2 aromatic rings. The maximum atomic E-state index is 12.6. The summed E-state index contributed by atoms with van der Waals surface area (Å²) in [5.74, 6) is -0.138. The molecule has 0 saturated heterocycles. The summed E-state index contributed by atoms with van der Waals surface area (Å²) in [6.45, 7) is 7.84.